The first-order chi connectivity index (χ1) is 11.0. The van der Waals surface area contributed by atoms with Crippen LogP contribution in [-0.4, -0.2) is 14.8 Å². The zero-order valence-electron chi connectivity index (χ0n) is 12.4. The first-order valence-electron chi connectivity index (χ1n) is 7.16. The number of nitrogens with one attached hydrogen (secondary N) is 1. The van der Waals surface area contributed by atoms with Gasteiger partial charge in [-0.25, -0.2) is 4.98 Å². The molecule has 5 nitrogen and oxygen atoms in total. The van der Waals surface area contributed by atoms with Crippen LogP contribution in [0.3, 0.4) is 0 Å². The lowest BCUT2D eigenvalue weighted by molar-refractivity contribution is -0.170. The number of hydrogen-bond acceptors (Lipinski definition) is 4. The van der Waals surface area contributed by atoms with Gasteiger partial charge in [0.15, 0.2) is 0 Å². The summed E-state index contributed by atoms with van der Waals surface area (Å²) in [5.41, 5.74) is 0.683. The summed E-state index contributed by atoms with van der Waals surface area (Å²) >= 11 is 17.6. The molecule has 0 radical (unpaired) electrons. The smallest absolute Gasteiger partial charge is 0.298 e. The predicted octanol–water partition coefficient (Wildman–Crippen LogP) is 4.79. The fourth-order valence-electron chi connectivity index (χ4n) is 2.45. The minimum absolute atomic E-state index is 0.289. The van der Waals surface area contributed by atoms with Gasteiger partial charge in [-0.1, -0.05) is 30.1 Å². The fraction of sp³-hybridized carbons (Fsp3) is 0.333. The zero-order chi connectivity index (χ0) is 16.4. The molecule has 0 saturated carbocycles. The number of ether oxygens (including phenoxy) is 2. The monoisotopic (exact) mass is 371 g/mol. The molecule has 8 heteroatoms. The third-order valence-electron chi connectivity index (χ3n) is 3.50. The van der Waals surface area contributed by atoms with E-state index < -0.39 is 5.79 Å². The van der Waals surface area contributed by atoms with Crippen LogP contribution in [0.5, 0.6) is 0 Å². The third kappa shape index (κ3) is 3.24. The van der Waals surface area contributed by atoms with E-state index in [9.17, 15) is 0 Å². The Kier molecular flexibility index (Phi) is 4.66. The highest BCUT2D eigenvalue weighted by Gasteiger charge is 2.43. The van der Waals surface area contributed by atoms with Gasteiger partial charge in [-0.05, 0) is 36.8 Å². The van der Waals surface area contributed by atoms with Gasteiger partial charge in [-0.15, -0.1) is 0 Å². The number of halogens is 2. The van der Waals surface area contributed by atoms with Crippen molar-refractivity contribution in [3.8, 4) is 0 Å². The van der Waals surface area contributed by atoms with Crippen LogP contribution in [0.15, 0.2) is 36.5 Å². The van der Waals surface area contributed by atoms with Crippen LogP contribution in [0.25, 0.3) is 0 Å². The number of aromatic nitrogens is 3. The molecule has 122 valence electrons. The molecule has 1 unspecified atom stereocenters. The molecule has 1 aromatic heterocycles. The third-order valence-corrected chi connectivity index (χ3v) is 4.37. The summed E-state index contributed by atoms with van der Waals surface area (Å²) in [5.74, 6) is -0.332. The van der Waals surface area contributed by atoms with Crippen LogP contribution in [0.2, 0.25) is 10.0 Å². The van der Waals surface area contributed by atoms with Crippen molar-refractivity contribution in [1.29, 1.82) is 0 Å². The molecule has 0 aliphatic carbocycles. The molecule has 0 bridgehead atoms. The van der Waals surface area contributed by atoms with Crippen molar-refractivity contribution < 1.29 is 9.47 Å². The fourth-order valence-corrected chi connectivity index (χ4v) is 3.17. The molecule has 1 N–H and O–H groups in total. The van der Waals surface area contributed by atoms with Gasteiger partial charge < -0.3 is 9.47 Å². The maximum Gasteiger partial charge on any atom is 0.298 e. The molecule has 0 saturated heterocycles. The lowest BCUT2D eigenvalue weighted by Crippen LogP contribution is -2.34. The van der Waals surface area contributed by atoms with E-state index in [1.807, 2.05) is 0 Å². The van der Waals surface area contributed by atoms with E-state index in [2.05, 4.69) is 17.0 Å². The molecule has 1 aromatic carbocycles. The van der Waals surface area contributed by atoms with E-state index >= 15 is 0 Å². The Balaban J connectivity index is 2.01. The largest absolute Gasteiger partial charge is 0.451 e. The second kappa shape index (κ2) is 6.55. The van der Waals surface area contributed by atoms with Crippen LogP contribution in [0.1, 0.15) is 25.3 Å². The molecule has 1 aliphatic rings. The summed E-state index contributed by atoms with van der Waals surface area (Å²) in [5, 5.41) is 3.97. The Labute approximate surface area is 148 Å². The predicted molar refractivity (Wildman–Crippen MR) is 90.7 cm³/mol. The first-order valence-corrected chi connectivity index (χ1v) is 8.32. The van der Waals surface area contributed by atoms with Crippen LogP contribution < -0.4 is 0 Å². The second-order valence-electron chi connectivity index (χ2n) is 5.19. The van der Waals surface area contributed by atoms with E-state index in [-0.39, 0.29) is 6.54 Å². The van der Waals surface area contributed by atoms with Crippen molar-refractivity contribution in [2.24, 2.45) is 0 Å². The Bertz CT molecular complexity index is 802. The van der Waals surface area contributed by atoms with E-state index in [1.54, 1.807) is 29.1 Å². The van der Waals surface area contributed by atoms with Crippen molar-refractivity contribution in [3.05, 3.63) is 56.9 Å². The number of benzene rings is 1. The summed E-state index contributed by atoms with van der Waals surface area (Å²) in [7, 11) is 0. The van der Waals surface area contributed by atoms with E-state index in [0.29, 0.717) is 20.4 Å². The maximum atomic E-state index is 6.38. The Morgan fingerprint density at radius 1 is 1.39 bits per heavy atom. The molecule has 0 spiro atoms. The standard InChI is InChI=1S/C15H15Cl2N3O2S/c1-2-3-11-7-21-15(22-11,8-20-14(23)18-9-19-20)12-5-4-10(16)6-13(12)17/h4-7,9H,2-3,8H2,1H3,(H,18,19,23). The lowest BCUT2D eigenvalue weighted by atomic mass is 10.1. The molecule has 0 amide bonds. The number of aromatic amines is 1. The number of rotatable bonds is 5. The molecule has 3 rings (SSSR count). The van der Waals surface area contributed by atoms with Gasteiger partial charge in [0.25, 0.3) is 5.79 Å². The molecule has 0 fully saturated rings. The van der Waals surface area contributed by atoms with E-state index in [4.69, 9.17) is 44.9 Å². The van der Waals surface area contributed by atoms with Gasteiger partial charge in [-0.2, -0.15) is 0 Å². The van der Waals surface area contributed by atoms with Gasteiger partial charge in [0.2, 0.25) is 4.77 Å². The van der Waals surface area contributed by atoms with Gasteiger partial charge in [-0.3, -0.25) is 9.78 Å². The molecule has 2 heterocycles. The van der Waals surface area contributed by atoms with Crippen LogP contribution in [0.4, 0.5) is 0 Å². The second-order valence-corrected chi connectivity index (χ2v) is 6.40. The summed E-state index contributed by atoms with van der Waals surface area (Å²) in [4.78, 5) is 4.02. The average Bonchev–Trinajstić information content (AvgIpc) is 3.08. The molecule has 23 heavy (non-hydrogen) atoms. The van der Waals surface area contributed by atoms with Crippen molar-refractivity contribution in [1.82, 2.24) is 14.8 Å². The molecule has 1 atom stereocenters. The first kappa shape index (κ1) is 16.4. The van der Waals surface area contributed by atoms with Crippen LogP contribution >= 0.6 is 35.4 Å². The summed E-state index contributed by atoms with van der Waals surface area (Å²) in [6.07, 6.45) is 4.88. The number of H-pyrrole nitrogens is 1. The van der Waals surface area contributed by atoms with Gasteiger partial charge >= 0.3 is 0 Å². The summed E-state index contributed by atoms with van der Waals surface area (Å²) < 4.78 is 14.1. The average molecular weight is 372 g/mol. The highest BCUT2D eigenvalue weighted by molar-refractivity contribution is 7.71. The Hall–Kier alpha value is -1.50. The van der Waals surface area contributed by atoms with Crippen molar-refractivity contribution in [3.63, 3.8) is 0 Å². The minimum Gasteiger partial charge on any atom is -0.451 e. The highest BCUT2D eigenvalue weighted by atomic mass is 35.5. The number of hydrogen-bond donors (Lipinski definition) is 1. The van der Waals surface area contributed by atoms with Crippen LogP contribution in [-0.2, 0) is 21.8 Å². The lowest BCUT2D eigenvalue weighted by Gasteiger charge is -2.29. The molecule has 2 aromatic rings. The minimum atomic E-state index is -1.10. The maximum absolute atomic E-state index is 6.38. The van der Waals surface area contributed by atoms with Crippen molar-refractivity contribution >= 4 is 35.4 Å². The van der Waals surface area contributed by atoms with Gasteiger partial charge in [0, 0.05) is 11.4 Å². The highest BCUT2D eigenvalue weighted by Crippen LogP contribution is 2.42. The number of nitrogens with zero attached hydrogens (tertiary/aromatic N) is 2. The summed E-state index contributed by atoms with van der Waals surface area (Å²) in [6, 6.07) is 5.21. The zero-order valence-corrected chi connectivity index (χ0v) is 14.7. The quantitative estimate of drug-likeness (QED) is 0.767. The van der Waals surface area contributed by atoms with Crippen molar-refractivity contribution in [2.75, 3.05) is 0 Å². The summed E-state index contributed by atoms with van der Waals surface area (Å²) in [6.45, 7) is 2.36. The van der Waals surface area contributed by atoms with Gasteiger partial charge in [0.1, 0.15) is 24.9 Å². The SMILES string of the molecule is CCCC1=COC(Cn2[nH]cnc2=S)(c2ccc(Cl)cc2Cl)O1. The van der Waals surface area contributed by atoms with Crippen LogP contribution in [0, 0.1) is 4.77 Å². The topological polar surface area (TPSA) is 52.1 Å². The molecular weight excluding hydrogens is 357 g/mol. The van der Waals surface area contributed by atoms with Gasteiger partial charge in [0.05, 0.1) is 10.6 Å². The van der Waals surface area contributed by atoms with E-state index in [0.717, 1.165) is 18.6 Å². The number of allylic oxidation sites excluding steroid dienone is 1. The molecule has 1 aliphatic heterocycles. The Morgan fingerprint density at radius 3 is 2.87 bits per heavy atom. The normalized spacial score (nSPS) is 20.0. The van der Waals surface area contributed by atoms with Crippen molar-refractivity contribution in [2.45, 2.75) is 32.1 Å². The van der Waals surface area contributed by atoms with E-state index in [1.165, 1.54) is 6.33 Å². The Morgan fingerprint density at radius 2 is 2.22 bits per heavy atom. The molecular formula is C15H15Cl2N3O2S.